The highest BCUT2D eigenvalue weighted by molar-refractivity contribution is 5.74. The van der Waals surface area contributed by atoms with Gasteiger partial charge in [0.1, 0.15) is 0 Å². The third kappa shape index (κ3) is 4.77. The molecule has 1 unspecified atom stereocenters. The van der Waals surface area contributed by atoms with Gasteiger partial charge in [0.2, 0.25) is 0 Å². The number of urea groups is 1. The Labute approximate surface area is 158 Å². The Morgan fingerprint density at radius 2 is 1.96 bits per heavy atom. The number of hydrogen-bond donors (Lipinski definition) is 2. The van der Waals surface area contributed by atoms with E-state index in [2.05, 4.69) is 5.32 Å². The number of amides is 2. The first kappa shape index (κ1) is 19.2. The zero-order valence-electron chi connectivity index (χ0n) is 15.4. The van der Waals surface area contributed by atoms with Crippen LogP contribution in [0.4, 0.5) is 9.18 Å². The van der Waals surface area contributed by atoms with E-state index in [-0.39, 0.29) is 24.2 Å². The molecule has 0 aliphatic carbocycles. The number of halogens is 1. The van der Waals surface area contributed by atoms with Gasteiger partial charge in [-0.3, -0.25) is 0 Å². The molecule has 1 aliphatic rings. The third-order valence-corrected chi connectivity index (χ3v) is 5.07. The van der Waals surface area contributed by atoms with Gasteiger partial charge >= 0.3 is 6.03 Å². The second-order valence-corrected chi connectivity index (χ2v) is 6.81. The molecule has 27 heavy (non-hydrogen) atoms. The number of benzene rings is 2. The summed E-state index contributed by atoms with van der Waals surface area (Å²) in [6, 6.07) is 14.1. The second kappa shape index (κ2) is 8.86. The summed E-state index contributed by atoms with van der Waals surface area (Å²) in [6.07, 6.45) is 1.00. The number of likely N-dealkylation sites (tertiary alicyclic amines) is 1. The van der Waals surface area contributed by atoms with Crippen molar-refractivity contribution in [2.45, 2.75) is 25.5 Å². The molecule has 0 spiro atoms. The van der Waals surface area contributed by atoms with Crippen molar-refractivity contribution in [3.05, 3.63) is 65.5 Å². The number of nitrogens with one attached hydrogen (secondary N) is 1. The topological polar surface area (TPSA) is 61.8 Å². The van der Waals surface area contributed by atoms with E-state index in [0.29, 0.717) is 18.7 Å². The average molecular weight is 372 g/mol. The highest BCUT2D eigenvalue weighted by Gasteiger charge is 2.28. The molecule has 2 aromatic carbocycles. The maximum Gasteiger partial charge on any atom is 0.317 e. The van der Waals surface area contributed by atoms with Crippen molar-refractivity contribution < 1.29 is 19.0 Å². The van der Waals surface area contributed by atoms with E-state index in [0.717, 1.165) is 18.4 Å². The van der Waals surface area contributed by atoms with Crippen LogP contribution in [0.2, 0.25) is 0 Å². The zero-order chi connectivity index (χ0) is 19.2. The normalized spacial score (nSPS) is 16.0. The van der Waals surface area contributed by atoms with Crippen LogP contribution in [0.1, 0.15) is 30.1 Å². The summed E-state index contributed by atoms with van der Waals surface area (Å²) >= 11 is 0. The van der Waals surface area contributed by atoms with Gasteiger partial charge in [-0.05, 0) is 42.0 Å². The first-order valence-corrected chi connectivity index (χ1v) is 9.16. The molecule has 1 aliphatic heterocycles. The number of nitrogens with zero attached hydrogens (tertiary/aromatic N) is 1. The number of aliphatic hydroxyl groups is 1. The fourth-order valence-corrected chi connectivity index (χ4v) is 3.45. The van der Waals surface area contributed by atoms with Gasteiger partial charge in [-0.15, -0.1) is 0 Å². The van der Waals surface area contributed by atoms with Crippen LogP contribution in [0.15, 0.2) is 48.5 Å². The summed E-state index contributed by atoms with van der Waals surface area (Å²) in [6.45, 7) is 1.45. The number of methoxy groups -OCH3 is 1. The molecule has 1 saturated heterocycles. The quantitative estimate of drug-likeness (QED) is 0.845. The van der Waals surface area contributed by atoms with Gasteiger partial charge in [-0.1, -0.05) is 36.4 Å². The molecule has 2 aromatic rings. The van der Waals surface area contributed by atoms with Crippen molar-refractivity contribution in [2.24, 2.45) is 5.92 Å². The average Bonchev–Trinajstić information content (AvgIpc) is 2.72. The van der Waals surface area contributed by atoms with E-state index < -0.39 is 11.9 Å². The van der Waals surface area contributed by atoms with Gasteiger partial charge in [0, 0.05) is 19.6 Å². The molecule has 1 fully saturated rings. The van der Waals surface area contributed by atoms with Crippen LogP contribution in [0, 0.1) is 11.7 Å². The lowest BCUT2D eigenvalue weighted by Gasteiger charge is -2.34. The van der Waals surface area contributed by atoms with Gasteiger partial charge in [0.15, 0.2) is 11.6 Å². The molecule has 1 heterocycles. The molecule has 0 bridgehead atoms. The molecule has 3 rings (SSSR count). The summed E-state index contributed by atoms with van der Waals surface area (Å²) in [5, 5.41) is 13.4. The Balaban J connectivity index is 1.48. The minimum atomic E-state index is -0.501. The predicted molar refractivity (Wildman–Crippen MR) is 101 cm³/mol. The van der Waals surface area contributed by atoms with Crippen molar-refractivity contribution in [2.75, 3.05) is 20.2 Å². The Morgan fingerprint density at radius 3 is 2.59 bits per heavy atom. The lowest BCUT2D eigenvalue weighted by atomic mass is 9.87. The number of carbonyl (C=O) groups excluding carboxylic acids is 1. The molecule has 2 N–H and O–H groups in total. The van der Waals surface area contributed by atoms with Crippen LogP contribution in [0.3, 0.4) is 0 Å². The van der Waals surface area contributed by atoms with Gasteiger partial charge in [0.25, 0.3) is 0 Å². The molecule has 1 atom stereocenters. The van der Waals surface area contributed by atoms with Crippen molar-refractivity contribution in [1.29, 1.82) is 0 Å². The highest BCUT2D eigenvalue weighted by Crippen LogP contribution is 2.30. The molecule has 0 aromatic heterocycles. The summed E-state index contributed by atoms with van der Waals surface area (Å²) in [4.78, 5) is 14.1. The molecule has 2 amide bonds. The van der Waals surface area contributed by atoms with Crippen molar-refractivity contribution in [1.82, 2.24) is 10.2 Å². The first-order chi connectivity index (χ1) is 13.1. The zero-order valence-corrected chi connectivity index (χ0v) is 15.4. The largest absolute Gasteiger partial charge is 0.494 e. The lowest BCUT2D eigenvalue weighted by Crippen LogP contribution is -2.44. The SMILES string of the molecule is COc1ccc(CNC(=O)N2CCC(C(O)c3ccccc3)CC2)cc1F. The van der Waals surface area contributed by atoms with Crippen LogP contribution >= 0.6 is 0 Å². The van der Waals surface area contributed by atoms with E-state index >= 15 is 0 Å². The summed E-state index contributed by atoms with van der Waals surface area (Å²) in [5.74, 6) is -0.115. The molecule has 144 valence electrons. The molecular formula is C21H25FN2O3. The molecule has 0 saturated carbocycles. The number of piperidine rings is 1. The fraction of sp³-hybridized carbons (Fsp3) is 0.381. The summed E-state index contributed by atoms with van der Waals surface area (Å²) in [7, 11) is 1.41. The first-order valence-electron chi connectivity index (χ1n) is 9.16. The van der Waals surface area contributed by atoms with Crippen molar-refractivity contribution in [3.63, 3.8) is 0 Å². The highest BCUT2D eigenvalue weighted by atomic mass is 19.1. The van der Waals surface area contributed by atoms with E-state index in [9.17, 15) is 14.3 Å². The van der Waals surface area contributed by atoms with E-state index in [1.54, 1.807) is 17.0 Å². The number of hydrogen-bond acceptors (Lipinski definition) is 3. The van der Waals surface area contributed by atoms with Crippen molar-refractivity contribution in [3.8, 4) is 5.75 Å². The van der Waals surface area contributed by atoms with E-state index in [1.165, 1.54) is 13.2 Å². The number of ether oxygens (including phenoxy) is 1. The number of rotatable bonds is 5. The molecule has 0 radical (unpaired) electrons. The lowest BCUT2D eigenvalue weighted by molar-refractivity contribution is 0.0665. The van der Waals surface area contributed by atoms with E-state index in [1.807, 2.05) is 30.3 Å². The maximum atomic E-state index is 13.7. The van der Waals surface area contributed by atoms with Crippen LogP contribution in [0.5, 0.6) is 5.75 Å². The fourth-order valence-electron chi connectivity index (χ4n) is 3.45. The van der Waals surface area contributed by atoms with Gasteiger partial charge < -0.3 is 20.1 Å². The van der Waals surface area contributed by atoms with Gasteiger partial charge in [-0.25, -0.2) is 9.18 Å². The Bertz CT molecular complexity index is 761. The Hall–Kier alpha value is -2.60. The van der Waals surface area contributed by atoms with Gasteiger partial charge in [-0.2, -0.15) is 0 Å². The maximum absolute atomic E-state index is 13.7. The molecular weight excluding hydrogens is 347 g/mol. The van der Waals surface area contributed by atoms with Crippen LogP contribution in [-0.4, -0.2) is 36.2 Å². The number of carbonyl (C=O) groups is 1. The predicted octanol–water partition coefficient (Wildman–Crippen LogP) is 3.49. The second-order valence-electron chi connectivity index (χ2n) is 6.81. The monoisotopic (exact) mass is 372 g/mol. The standard InChI is InChI=1S/C21H25FN2O3/c1-27-19-8-7-15(13-18(19)22)14-23-21(26)24-11-9-17(10-12-24)20(25)16-5-3-2-4-6-16/h2-8,13,17,20,25H,9-12,14H2,1H3,(H,23,26). The van der Waals surface area contributed by atoms with E-state index in [4.69, 9.17) is 4.74 Å². The Kier molecular flexibility index (Phi) is 6.29. The third-order valence-electron chi connectivity index (χ3n) is 5.07. The minimum Gasteiger partial charge on any atom is -0.494 e. The number of aliphatic hydroxyl groups excluding tert-OH is 1. The summed E-state index contributed by atoms with van der Waals surface area (Å²) in [5.41, 5.74) is 1.60. The molecule has 6 heteroatoms. The Morgan fingerprint density at radius 1 is 1.26 bits per heavy atom. The van der Waals surface area contributed by atoms with Crippen LogP contribution in [-0.2, 0) is 6.54 Å². The molecule has 5 nitrogen and oxygen atoms in total. The minimum absolute atomic E-state index is 0.145. The summed E-state index contributed by atoms with van der Waals surface area (Å²) < 4.78 is 18.6. The smallest absolute Gasteiger partial charge is 0.317 e. The van der Waals surface area contributed by atoms with Crippen LogP contribution < -0.4 is 10.1 Å². The van der Waals surface area contributed by atoms with Crippen molar-refractivity contribution >= 4 is 6.03 Å². The van der Waals surface area contributed by atoms with Gasteiger partial charge in [0.05, 0.1) is 13.2 Å². The van der Waals surface area contributed by atoms with Crippen LogP contribution in [0.25, 0.3) is 0 Å².